The third-order valence-corrected chi connectivity index (χ3v) is 3.88. The number of hydrogen-bond donors (Lipinski definition) is 0. The number of nitrogens with zero attached hydrogens (tertiary/aromatic N) is 1. The van der Waals surface area contributed by atoms with Crippen LogP contribution < -0.4 is 0 Å². The fourth-order valence-corrected chi connectivity index (χ4v) is 2.59. The summed E-state index contributed by atoms with van der Waals surface area (Å²) >= 11 is -1.38. The van der Waals surface area contributed by atoms with E-state index in [9.17, 15) is 0 Å². The normalized spacial score (nSPS) is 22.9. The van der Waals surface area contributed by atoms with Crippen LogP contribution in [0.4, 0.5) is 0 Å². The van der Waals surface area contributed by atoms with Crippen molar-refractivity contribution in [1.29, 1.82) is 0 Å². The molecule has 0 N–H and O–H groups in total. The van der Waals surface area contributed by atoms with E-state index in [1.54, 1.807) is 0 Å². The topological polar surface area (TPSA) is 21.7 Å². The third kappa shape index (κ3) is 1.46. The summed E-state index contributed by atoms with van der Waals surface area (Å²) in [4.78, 5) is 0. The van der Waals surface area contributed by atoms with Crippen LogP contribution in [0.3, 0.4) is 0 Å². The first kappa shape index (κ1) is 6.56. The van der Waals surface area contributed by atoms with Crippen LogP contribution in [0.15, 0.2) is 0 Å². The molecule has 48 valence electrons. The van der Waals surface area contributed by atoms with Gasteiger partial charge in [-0.25, -0.2) is 0 Å². The molecule has 0 amide bonds. The molecule has 0 unspecified atom stereocenters. The Hall–Kier alpha value is 0.438. The molecule has 1 heterocycles. The molecule has 1 fully saturated rings. The Morgan fingerprint density at radius 1 is 1.25 bits per heavy atom. The molecule has 0 bridgehead atoms. The van der Waals surface area contributed by atoms with Gasteiger partial charge in [-0.3, -0.25) is 0 Å². The monoisotopic (exact) mass is 179 g/mol. The van der Waals surface area contributed by atoms with Gasteiger partial charge in [0.25, 0.3) is 0 Å². The Balaban J connectivity index is 2.24. The van der Waals surface area contributed by atoms with Gasteiger partial charge in [0.15, 0.2) is 0 Å². The van der Waals surface area contributed by atoms with Gasteiger partial charge in [0.05, 0.1) is 0 Å². The standard InChI is InChI=1S/C4H10AsNO2/c1-6(2)5-7-3-4-8-5/h3-4H2,1-2H3. The first-order chi connectivity index (χ1) is 3.80. The second-order valence-corrected chi connectivity index (χ2v) is 5.51. The van der Waals surface area contributed by atoms with Gasteiger partial charge in [0, 0.05) is 0 Å². The van der Waals surface area contributed by atoms with E-state index in [-0.39, 0.29) is 0 Å². The van der Waals surface area contributed by atoms with Crippen molar-refractivity contribution in [3.63, 3.8) is 0 Å². The van der Waals surface area contributed by atoms with Crippen LogP contribution >= 0.6 is 0 Å². The molecule has 0 aliphatic carbocycles. The quantitative estimate of drug-likeness (QED) is 0.510. The van der Waals surface area contributed by atoms with E-state index in [0.717, 1.165) is 13.2 Å². The summed E-state index contributed by atoms with van der Waals surface area (Å²) in [5.41, 5.74) is 0. The minimum atomic E-state index is -1.38. The maximum absolute atomic E-state index is 5.26. The number of hydrogen-bond acceptors (Lipinski definition) is 3. The van der Waals surface area contributed by atoms with Gasteiger partial charge in [-0.1, -0.05) is 0 Å². The zero-order chi connectivity index (χ0) is 5.98. The average molecular weight is 179 g/mol. The van der Waals surface area contributed by atoms with Crippen LogP contribution in [0, 0.1) is 0 Å². The third-order valence-electron chi connectivity index (χ3n) is 0.813. The zero-order valence-corrected chi connectivity index (χ0v) is 7.00. The molecule has 1 aliphatic rings. The van der Waals surface area contributed by atoms with Crippen molar-refractivity contribution in [2.45, 2.75) is 0 Å². The van der Waals surface area contributed by atoms with E-state index in [1.165, 1.54) is 0 Å². The first-order valence-corrected chi connectivity index (χ1v) is 4.91. The van der Waals surface area contributed by atoms with Crippen molar-refractivity contribution in [3.05, 3.63) is 0 Å². The van der Waals surface area contributed by atoms with E-state index < -0.39 is 15.6 Å². The van der Waals surface area contributed by atoms with Crippen LogP contribution in [-0.4, -0.2) is 46.7 Å². The molecule has 0 spiro atoms. The van der Waals surface area contributed by atoms with E-state index in [0.29, 0.717) is 0 Å². The summed E-state index contributed by atoms with van der Waals surface area (Å²) in [7, 11) is 3.98. The molecule has 0 aromatic rings. The van der Waals surface area contributed by atoms with E-state index in [2.05, 4.69) is 0 Å². The molecule has 4 heteroatoms. The van der Waals surface area contributed by atoms with Crippen LogP contribution in [0.25, 0.3) is 0 Å². The molecular weight excluding hydrogens is 169 g/mol. The SMILES string of the molecule is CN(C)[As]1OCCO1. The molecule has 0 radical (unpaired) electrons. The van der Waals surface area contributed by atoms with Crippen molar-refractivity contribution in [3.8, 4) is 0 Å². The van der Waals surface area contributed by atoms with Gasteiger partial charge >= 0.3 is 54.1 Å². The zero-order valence-electron chi connectivity index (χ0n) is 5.13. The predicted octanol–water partition coefficient (Wildman–Crippen LogP) is -0.420. The second kappa shape index (κ2) is 2.83. The summed E-state index contributed by atoms with van der Waals surface area (Å²) in [6, 6.07) is 0. The Labute approximate surface area is 54.8 Å². The van der Waals surface area contributed by atoms with Crippen molar-refractivity contribution < 1.29 is 7.45 Å². The Morgan fingerprint density at radius 2 is 1.75 bits per heavy atom. The van der Waals surface area contributed by atoms with Crippen molar-refractivity contribution in [1.82, 2.24) is 3.82 Å². The number of rotatable bonds is 1. The fraction of sp³-hybridized carbons (Fsp3) is 1.00. The summed E-state index contributed by atoms with van der Waals surface area (Å²) < 4.78 is 12.6. The molecular formula is C4H10AsNO2. The molecule has 0 atom stereocenters. The molecule has 0 saturated carbocycles. The van der Waals surface area contributed by atoms with Crippen LogP contribution in [0.2, 0.25) is 0 Å². The molecule has 0 aromatic heterocycles. The van der Waals surface area contributed by atoms with Crippen LogP contribution in [0.5, 0.6) is 0 Å². The van der Waals surface area contributed by atoms with Gasteiger partial charge in [-0.2, -0.15) is 0 Å². The van der Waals surface area contributed by atoms with Gasteiger partial charge in [-0.15, -0.1) is 0 Å². The second-order valence-electron chi connectivity index (χ2n) is 1.75. The molecule has 0 aromatic carbocycles. The summed E-state index contributed by atoms with van der Waals surface area (Å²) in [6.45, 7) is 1.58. The minimum absolute atomic E-state index is 0.790. The molecule has 1 saturated heterocycles. The van der Waals surface area contributed by atoms with Gasteiger partial charge < -0.3 is 0 Å². The summed E-state index contributed by atoms with van der Waals surface area (Å²) in [6.07, 6.45) is 0. The van der Waals surface area contributed by atoms with Crippen LogP contribution in [0.1, 0.15) is 0 Å². The predicted molar refractivity (Wildman–Crippen MR) is 31.3 cm³/mol. The van der Waals surface area contributed by atoms with Crippen molar-refractivity contribution >= 4 is 15.6 Å². The molecule has 3 nitrogen and oxygen atoms in total. The molecule has 1 rings (SSSR count). The first-order valence-electron chi connectivity index (χ1n) is 2.54. The summed E-state index contributed by atoms with van der Waals surface area (Å²) in [5.74, 6) is 0. The fourth-order valence-electron chi connectivity index (χ4n) is 0.499. The van der Waals surface area contributed by atoms with E-state index in [1.807, 2.05) is 17.9 Å². The Kier molecular flexibility index (Phi) is 2.32. The average Bonchev–Trinajstić information content (AvgIpc) is 2.12. The van der Waals surface area contributed by atoms with Crippen molar-refractivity contribution in [2.24, 2.45) is 0 Å². The van der Waals surface area contributed by atoms with Gasteiger partial charge in [0.1, 0.15) is 0 Å². The Bertz CT molecular complexity index is 72.4. The van der Waals surface area contributed by atoms with E-state index >= 15 is 0 Å². The van der Waals surface area contributed by atoms with E-state index in [4.69, 9.17) is 7.45 Å². The molecule has 8 heavy (non-hydrogen) atoms. The molecule has 1 aliphatic heterocycles. The Morgan fingerprint density at radius 3 is 2.00 bits per heavy atom. The summed E-state index contributed by atoms with van der Waals surface area (Å²) in [5, 5.41) is 0. The van der Waals surface area contributed by atoms with Crippen LogP contribution in [-0.2, 0) is 7.45 Å². The van der Waals surface area contributed by atoms with Crippen molar-refractivity contribution in [2.75, 3.05) is 27.3 Å². The maximum atomic E-state index is 5.26. The van der Waals surface area contributed by atoms with Gasteiger partial charge in [-0.05, 0) is 0 Å². The van der Waals surface area contributed by atoms with Gasteiger partial charge in [0.2, 0.25) is 0 Å².